The van der Waals surface area contributed by atoms with E-state index in [0.717, 1.165) is 12.0 Å². The predicted molar refractivity (Wildman–Crippen MR) is 101 cm³/mol. The normalized spacial score (nSPS) is 14.7. The lowest BCUT2D eigenvalue weighted by atomic mass is 10.0. The Bertz CT molecular complexity index is 811. The van der Waals surface area contributed by atoms with Gasteiger partial charge >= 0.3 is 0 Å². The van der Waals surface area contributed by atoms with Crippen LogP contribution in [0.25, 0.3) is 0 Å². The quantitative estimate of drug-likeness (QED) is 0.771. The highest BCUT2D eigenvalue weighted by molar-refractivity contribution is 6.31. The summed E-state index contributed by atoms with van der Waals surface area (Å²) in [5, 5.41) is 6.26. The molecule has 1 fully saturated rings. The van der Waals surface area contributed by atoms with Crippen LogP contribution in [0.2, 0.25) is 5.02 Å². The van der Waals surface area contributed by atoms with Gasteiger partial charge in [0, 0.05) is 16.4 Å². The van der Waals surface area contributed by atoms with Gasteiger partial charge in [0.1, 0.15) is 5.41 Å². The zero-order chi connectivity index (χ0) is 18.0. The van der Waals surface area contributed by atoms with Gasteiger partial charge in [-0.15, -0.1) is 0 Å². The molecule has 130 valence electrons. The molecule has 0 radical (unpaired) electrons. The number of rotatable bonds is 5. The number of benzene rings is 2. The summed E-state index contributed by atoms with van der Waals surface area (Å²) in [7, 11) is 0. The molecule has 3 rings (SSSR count). The van der Waals surface area contributed by atoms with E-state index < -0.39 is 5.41 Å². The van der Waals surface area contributed by atoms with Crippen molar-refractivity contribution < 1.29 is 9.59 Å². The molecule has 4 nitrogen and oxygen atoms in total. The highest BCUT2D eigenvalue weighted by Crippen LogP contribution is 2.47. The molecular formula is C20H21ClN2O2. The third kappa shape index (κ3) is 3.69. The molecule has 1 aliphatic carbocycles. The Kier molecular flexibility index (Phi) is 4.82. The van der Waals surface area contributed by atoms with Crippen molar-refractivity contribution in [2.45, 2.75) is 33.1 Å². The number of hydrogen-bond acceptors (Lipinski definition) is 2. The number of aryl methyl sites for hydroxylation is 2. The maximum absolute atomic E-state index is 12.7. The van der Waals surface area contributed by atoms with Gasteiger partial charge in [0.15, 0.2) is 0 Å². The minimum absolute atomic E-state index is 0.256. The number of amides is 2. The van der Waals surface area contributed by atoms with Gasteiger partial charge in [-0.3, -0.25) is 9.59 Å². The lowest BCUT2D eigenvalue weighted by molar-refractivity contribution is -0.131. The van der Waals surface area contributed by atoms with Crippen molar-refractivity contribution in [3.8, 4) is 0 Å². The molecule has 0 spiro atoms. The summed E-state index contributed by atoms with van der Waals surface area (Å²) in [6.45, 7) is 3.97. The van der Waals surface area contributed by atoms with Crippen LogP contribution in [0.3, 0.4) is 0 Å². The van der Waals surface area contributed by atoms with Gasteiger partial charge < -0.3 is 10.6 Å². The van der Waals surface area contributed by atoms with Crippen molar-refractivity contribution in [2.75, 3.05) is 10.6 Å². The molecule has 2 N–H and O–H groups in total. The van der Waals surface area contributed by atoms with Crippen LogP contribution < -0.4 is 10.6 Å². The van der Waals surface area contributed by atoms with Crippen molar-refractivity contribution in [3.63, 3.8) is 0 Å². The average Bonchev–Trinajstić information content (AvgIpc) is 3.41. The molecule has 0 unspecified atom stereocenters. The molecule has 25 heavy (non-hydrogen) atoms. The Balaban J connectivity index is 1.71. The molecule has 0 aromatic heterocycles. The molecule has 1 saturated carbocycles. The third-order valence-electron chi connectivity index (χ3n) is 4.69. The van der Waals surface area contributed by atoms with Crippen LogP contribution in [-0.4, -0.2) is 11.8 Å². The zero-order valence-electron chi connectivity index (χ0n) is 14.4. The first-order valence-corrected chi connectivity index (χ1v) is 8.80. The first kappa shape index (κ1) is 17.5. The van der Waals surface area contributed by atoms with Gasteiger partial charge in [-0.25, -0.2) is 0 Å². The second-order valence-electron chi connectivity index (χ2n) is 6.50. The first-order chi connectivity index (χ1) is 11.9. The first-order valence-electron chi connectivity index (χ1n) is 8.42. The van der Waals surface area contributed by atoms with Gasteiger partial charge in [-0.1, -0.05) is 36.7 Å². The predicted octanol–water partition coefficient (Wildman–Crippen LogP) is 4.57. The van der Waals surface area contributed by atoms with E-state index in [1.807, 2.05) is 37.3 Å². The summed E-state index contributed by atoms with van der Waals surface area (Å²) in [6, 6.07) is 13.0. The van der Waals surface area contributed by atoms with Crippen molar-refractivity contribution in [1.29, 1.82) is 0 Å². The Morgan fingerprint density at radius 3 is 2.28 bits per heavy atom. The number of nitrogens with one attached hydrogen (secondary N) is 2. The number of halogens is 1. The van der Waals surface area contributed by atoms with E-state index >= 15 is 0 Å². The van der Waals surface area contributed by atoms with E-state index in [4.69, 9.17) is 11.6 Å². The largest absolute Gasteiger partial charge is 0.325 e. The molecule has 0 heterocycles. The molecular weight excluding hydrogens is 336 g/mol. The Hall–Kier alpha value is -2.33. The van der Waals surface area contributed by atoms with Crippen LogP contribution in [0.15, 0.2) is 42.5 Å². The second-order valence-corrected chi connectivity index (χ2v) is 6.94. The summed E-state index contributed by atoms with van der Waals surface area (Å²) >= 11 is 5.99. The van der Waals surface area contributed by atoms with Crippen LogP contribution in [0.1, 0.15) is 30.9 Å². The minimum Gasteiger partial charge on any atom is -0.325 e. The highest BCUT2D eigenvalue weighted by atomic mass is 35.5. The van der Waals surface area contributed by atoms with E-state index in [0.29, 0.717) is 29.2 Å². The maximum atomic E-state index is 12.7. The van der Waals surface area contributed by atoms with E-state index in [2.05, 4.69) is 17.6 Å². The second kappa shape index (κ2) is 6.89. The van der Waals surface area contributed by atoms with E-state index in [-0.39, 0.29) is 11.8 Å². The van der Waals surface area contributed by atoms with Gasteiger partial charge in [0.25, 0.3) is 0 Å². The van der Waals surface area contributed by atoms with E-state index in [1.54, 1.807) is 12.1 Å². The summed E-state index contributed by atoms with van der Waals surface area (Å²) in [6.07, 6.45) is 2.05. The van der Waals surface area contributed by atoms with Crippen LogP contribution in [-0.2, 0) is 16.0 Å². The minimum atomic E-state index is -0.988. The van der Waals surface area contributed by atoms with E-state index in [1.165, 1.54) is 5.56 Å². The Morgan fingerprint density at radius 2 is 1.68 bits per heavy atom. The molecule has 5 heteroatoms. The Morgan fingerprint density at radius 1 is 1.04 bits per heavy atom. The van der Waals surface area contributed by atoms with Crippen molar-refractivity contribution in [2.24, 2.45) is 5.41 Å². The summed E-state index contributed by atoms with van der Waals surface area (Å²) < 4.78 is 0. The molecule has 0 saturated heterocycles. The average molecular weight is 357 g/mol. The lowest BCUT2D eigenvalue weighted by Gasteiger charge is -2.17. The summed E-state index contributed by atoms with van der Waals surface area (Å²) in [5.74, 6) is -0.533. The van der Waals surface area contributed by atoms with Gasteiger partial charge in [0.2, 0.25) is 11.8 Å². The smallest absolute Gasteiger partial charge is 0.240 e. The summed E-state index contributed by atoms with van der Waals surface area (Å²) in [5.41, 5.74) is 2.47. The molecule has 2 amide bonds. The monoisotopic (exact) mass is 356 g/mol. The topological polar surface area (TPSA) is 58.2 Å². The molecule has 2 aromatic rings. The molecule has 0 bridgehead atoms. The number of hydrogen-bond donors (Lipinski definition) is 2. The third-order valence-corrected chi connectivity index (χ3v) is 4.92. The SMILES string of the molecule is CCc1ccc(NC(=O)C2(C(=O)Nc3cc(Cl)ccc3C)CC2)cc1. The fourth-order valence-corrected chi connectivity index (χ4v) is 2.90. The van der Waals surface area contributed by atoms with E-state index in [9.17, 15) is 9.59 Å². The van der Waals surface area contributed by atoms with Gasteiger partial charge in [-0.2, -0.15) is 0 Å². The van der Waals surface area contributed by atoms with Crippen molar-refractivity contribution >= 4 is 34.8 Å². The fraction of sp³-hybridized carbons (Fsp3) is 0.300. The van der Waals surface area contributed by atoms with Crippen LogP contribution >= 0.6 is 11.6 Å². The van der Waals surface area contributed by atoms with Crippen molar-refractivity contribution in [1.82, 2.24) is 0 Å². The standard InChI is InChI=1S/C20H21ClN2O2/c1-3-14-5-8-16(9-6-14)22-18(24)20(10-11-20)19(25)23-17-12-15(21)7-4-13(17)2/h4-9,12H,3,10-11H2,1-2H3,(H,22,24)(H,23,25). The number of carbonyl (C=O) groups is 2. The number of anilines is 2. The van der Waals surface area contributed by atoms with Gasteiger partial charge in [0.05, 0.1) is 0 Å². The van der Waals surface area contributed by atoms with Crippen LogP contribution in [0.5, 0.6) is 0 Å². The lowest BCUT2D eigenvalue weighted by Crippen LogP contribution is -2.35. The highest BCUT2D eigenvalue weighted by Gasteiger charge is 2.56. The maximum Gasteiger partial charge on any atom is 0.240 e. The molecule has 0 aliphatic heterocycles. The Labute approximate surface area is 152 Å². The van der Waals surface area contributed by atoms with Crippen molar-refractivity contribution in [3.05, 3.63) is 58.6 Å². The zero-order valence-corrected chi connectivity index (χ0v) is 15.1. The fourth-order valence-electron chi connectivity index (χ4n) is 2.73. The van der Waals surface area contributed by atoms with Crippen LogP contribution in [0.4, 0.5) is 11.4 Å². The van der Waals surface area contributed by atoms with Gasteiger partial charge in [-0.05, 0) is 61.6 Å². The summed E-state index contributed by atoms with van der Waals surface area (Å²) in [4.78, 5) is 25.3. The molecule has 0 atom stereocenters. The molecule has 2 aromatic carbocycles. The molecule has 1 aliphatic rings. The number of carbonyl (C=O) groups excluding carboxylic acids is 2. The van der Waals surface area contributed by atoms with Crippen LogP contribution in [0, 0.1) is 12.3 Å².